The van der Waals surface area contributed by atoms with Crippen LogP contribution < -0.4 is 16.9 Å². The number of hydrogen-bond acceptors (Lipinski definition) is 12. The summed E-state index contributed by atoms with van der Waals surface area (Å²) in [5.74, 6) is 0.186. The molecule has 18 heteroatoms. The molecule has 1 fully saturated rings. The number of fused-ring (bicyclic) bond motifs is 2. The number of aromatic amines is 2. The molecule has 1 saturated heterocycles. The van der Waals surface area contributed by atoms with Gasteiger partial charge in [-0.25, -0.2) is 25.2 Å². The number of hydrogen-bond donors (Lipinski definition) is 8. The van der Waals surface area contributed by atoms with Crippen LogP contribution in [0.4, 0.5) is 10.6 Å². The molecule has 0 bridgehead atoms. The Bertz CT molecular complexity index is 1330. The number of anilines is 1. The van der Waals surface area contributed by atoms with E-state index in [0.717, 1.165) is 11.2 Å². The maximum absolute atomic E-state index is 9.74. The summed E-state index contributed by atoms with van der Waals surface area (Å²) < 4.78 is 7.70. The van der Waals surface area contributed by atoms with Gasteiger partial charge in [-0.05, 0) is 11.6 Å². The second-order valence-corrected chi connectivity index (χ2v) is 7.35. The summed E-state index contributed by atoms with van der Waals surface area (Å²) in [5, 5.41) is 26.3. The van der Waals surface area contributed by atoms with E-state index in [4.69, 9.17) is 44.6 Å². The van der Waals surface area contributed by atoms with Crippen molar-refractivity contribution >= 4 is 58.0 Å². The van der Waals surface area contributed by atoms with Crippen molar-refractivity contribution in [3.63, 3.8) is 0 Å². The number of nitrogens with two attached hydrogens (primary N) is 2. The fraction of sp³-hybridized carbons (Fsp3) is 0.312. The first-order chi connectivity index (χ1) is 16.2. The van der Waals surface area contributed by atoms with Crippen molar-refractivity contribution in [3.8, 4) is 0 Å². The second-order valence-electron chi connectivity index (χ2n) is 6.63. The molecule has 0 aliphatic carbocycles. The van der Waals surface area contributed by atoms with Crippen LogP contribution in [0.5, 0.6) is 0 Å². The summed E-state index contributed by atoms with van der Waals surface area (Å²) in [6.07, 6.45) is 3.13. The molecule has 0 spiro atoms. The highest BCUT2D eigenvalue weighted by molar-refractivity contribution is 7.71. The van der Waals surface area contributed by atoms with Crippen LogP contribution >= 0.6 is 23.8 Å². The average Bonchev–Trinajstić information content (AvgIpc) is 3.53. The number of halogens is 1. The third kappa shape index (κ3) is 5.71. The molecule has 3 atom stereocenters. The highest BCUT2D eigenvalue weighted by atomic mass is 35.5. The van der Waals surface area contributed by atoms with E-state index >= 15 is 0 Å². The van der Waals surface area contributed by atoms with Gasteiger partial charge in [-0.1, -0.05) is 12.2 Å². The lowest BCUT2D eigenvalue weighted by molar-refractivity contribution is -0.0432. The van der Waals surface area contributed by atoms with Crippen molar-refractivity contribution in [1.82, 2.24) is 44.9 Å². The van der Waals surface area contributed by atoms with Crippen molar-refractivity contribution in [2.75, 3.05) is 12.3 Å². The van der Waals surface area contributed by atoms with Crippen LogP contribution in [0.15, 0.2) is 19.0 Å². The number of ether oxygens (including phenoxy) is 1. The molecule has 182 valence electrons. The summed E-state index contributed by atoms with van der Waals surface area (Å²) in [5.41, 5.74) is 13.6. The van der Waals surface area contributed by atoms with Crippen molar-refractivity contribution in [3.05, 3.63) is 28.9 Å². The van der Waals surface area contributed by atoms with Crippen LogP contribution in [0.3, 0.4) is 0 Å². The number of primary amides is 1. The number of H-pyrrole nitrogens is 2. The second kappa shape index (κ2) is 11.1. The molecule has 4 aromatic heterocycles. The number of nitrogens with zero attached hydrogens (tertiary/aromatic N) is 6. The number of imidazole rings is 2. The highest BCUT2D eigenvalue weighted by Crippen LogP contribution is 2.31. The molecule has 0 aromatic carbocycles. The fourth-order valence-corrected chi connectivity index (χ4v) is 3.33. The molecule has 5 heterocycles. The Hall–Kier alpha value is -3.48. The van der Waals surface area contributed by atoms with Crippen molar-refractivity contribution < 1.29 is 25.0 Å². The maximum atomic E-state index is 9.74. The van der Waals surface area contributed by atoms with E-state index in [0.29, 0.717) is 22.2 Å². The van der Waals surface area contributed by atoms with E-state index in [1.165, 1.54) is 18.1 Å². The zero-order valence-electron chi connectivity index (χ0n) is 17.2. The smallest absolute Gasteiger partial charge is 0.335 e. The van der Waals surface area contributed by atoms with Gasteiger partial charge in [0.2, 0.25) is 5.28 Å². The number of nitrogens with one attached hydrogen (secondary N) is 3. The van der Waals surface area contributed by atoms with Gasteiger partial charge in [-0.3, -0.25) is 9.77 Å². The number of urea groups is 1. The normalized spacial score (nSPS) is 19.2. The third-order valence-electron chi connectivity index (χ3n) is 4.46. The number of aliphatic hydroxyl groups excluding tert-OH is 2. The zero-order chi connectivity index (χ0) is 24.8. The Labute approximate surface area is 199 Å². The summed E-state index contributed by atoms with van der Waals surface area (Å²) >= 11 is 10.7. The third-order valence-corrected chi connectivity index (χ3v) is 4.94. The Balaban J connectivity index is 0.000000180. The van der Waals surface area contributed by atoms with Gasteiger partial charge in [-0.2, -0.15) is 9.97 Å². The standard InChI is InChI=1S/C10H12ClN5O3.C5H4N4S.CH4N2O2/c11-10-14-8(12)7-9(15-10)16(3-13-7)6-1-4(18)5(2-17)19-6;10-5-3-4(7-1-6-3)8-2-9-5;2-1(4)3-5/h3-6,17-18H,1-2H2,(H2,12,14,15);1-2H,(H2,6,7,8,9,10);5H,(H3,2,3,4)/t4-,5+,6+;;/m0../s1. The molecule has 0 radical (unpaired) electrons. The largest absolute Gasteiger partial charge is 0.394 e. The minimum absolute atomic E-state index is 0.0176. The lowest BCUT2D eigenvalue weighted by atomic mass is 10.2. The van der Waals surface area contributed by atoms with E-state index in [2.05, 4.69) is 40.6 Å². The molecule has 1 aliphatic rings. The molecule has 1 aliphatic heterocycles. The van der Waals surface area contributed by atoms with Crippen molar-refractivity contribution in [1.29, 1.82) is 0 Å². The van der Waals surface area contributed by atoms with Gasteiger partial charge in [0.05, 0.1) is 31.7 Å². The molecule has 5 rings (SSSR count). The Morgan fingerprint density at radius 3 is 2.65 bits per heavy atom. The molecule has 4 aromatic rings. The van der Waals surface area contributed by atoms with E-state index in [1.54, 1.807) is 10.9 Å². The summed E-state index contributed by atoms with van der Waals surface area (Å²) in [6, 6.07) is -0.940. The van der Waals surface area contributed by atoms with E-state index in [-0.39, 0.29) is 17.7 Å². The first-order valence-corrected chi connectivity index (χ1v) is 10.2. The topological polar surface area (TPSA) is 252 Å². The van der Waals surface area contributed by atoms with Crippen LogP contribution in [0.25, 0.3) is 22.3 Å². The van der Waals surface area contributed by atoms with Crippen molar-refractivity contribution in [2.24, 2.45) is 5.73 Å². The fourth-order valence-electron chi connectivity index (χ4n) is 2.96. The Kier molecular flexibility index (Phi) is 8.21. The van der Waals surface area contributed by atoms with Crippen LogP contribution in [0.1, 0.15) is 12.6 Å². The molecular formula is C16H20ClN11O5S. The number of rotatable bonds is 2. The number of amides is 2. The van der Waals surface area contributed by atoms with Gasteiger partial charge in [0.25, 0.3) is 0 Å². The molecule has 0 saturated carbocycles. The maximum Gasteiger partial charge on any atom is 0.335 e. The lowest BCUT2D eigenvalue weighted by Crippen LogP contribution is -2.25. The highest BCUT2D eigenvalue weighted by Gasteiger charge is 2.35. The molecule has 0 unspecified atom stereocenters. The van der Waals surface area contributed by atoms with Gasteiger partial charge < -0.3 is 36.4 Å². The first-order valence-electron chi connectivity index (χ1n) is 9.41. The summed E-state index contributed by atoms with van der Waals surface area (Å²) in [6.45, 7) is -0.248. The monoisotopic (exact) mass is 513 g/mol. The number of carbonyl (C=O) groups is 1. The molecule has 16 nitrogen and oxygen atoms in total. The zero-order valence-corrected chi connectivity index (χ0v) is 18.7. The average molecular weight is 514 g/mol. The summed E-state index contributed by atoms with van der Waals surface area (Å²) in [4.78, 5) is 34.8. The summed E-state index contributed by atoms with van der Waals surface area (Å²) in [7, 11) is 0. The van der Waals surface area contributed by atoms with E-state index in [1.807, 2.05) is 0 Å². The van der Waals surface area contributed by atoms with Crippen LogP contribution in [-0.2, 0) is 4.74 Å². The van der Waals surface area contributed by atoms with Crippen molar-refractivity contribution in [2.45, 2.75) is 24.9 Å². The predicted molar refractivity (Wildman–Crippen MR) is 120 cm³/mol. The Morgan fingerprint density at radius 2 is 2.03 bits per heavy atom. The minimum Gasteiger partial charge on any atom is -0.394 e. The predicted octanol–water partition coefficient (Wildman–Crippen LogP) is -0.238. The number of nitrogen functional groups attached to an aromatic ring is 1. The first kappa shape index (κ1) is 25.1. The van der Waals surface area contributed by atoms with Gasteiger partial charge in [0.15, 0.2) is 21.8 Å². The quantitative estimate of drug-likeness (QED) is 0.0747. The molecule has 10 N–H and O–H groups in total. The molecule has 34 heavy (non-hydrogen) atoms. The number of aliphatic hydroxyl groups is 2. The van der Waals surface area contributed by atoms with Crippen LogP contribution in [0, 0.1) is 4.64 Å². The number of aromatic nitrogens is 8. The van der Waals surface area contributed by atoms with Gasteiger partial charge in [-0.15, -0.1) is 0 Å². The van der Waals surface area contributed by atoms with Crippen LogP contribution in [-0.4, -0.2) is 79.7 Å². The minimum atomic E-state index is -0.940. The van der Waals surface area contributed by atoms with E-state index < -0.39 is 24.5 Å². The van der Waals surface area contributed by atoms with Gasteiger partial charge >= 0.3 is 6.03 Å². The van der Waals surface area contributed by atoms with E-state index in [9.17, 15) is 9.90 Å². The lowest BCUT2D eigenvalue weighted by Gasteiger charge is -2.13. The van der Waals surface area contributed by atoms with Gasteiger partial charge in [0, 0.05) is 6.42 Å². The Morgan fingerprint density at radius 1 is 1.32 bits per heavy atom. The van der Waals surface area contributed by atoms with Gasteiger partial charge in [0.1, 0.15) is 23.4 Å². The molecular weight excluding hydrogens is 494 g/mol. The molecule has 2 amide bonds. The van der Waals surface area contributed by atoms with Crippen LogP contribution in [0.2, 0.25) is 5.28 Å². The SMILES string of the molecule is NC(=O)NO.Nc1nc(Cl)nc2c1ncn2[C@H]1C[C@H](O)[C@@H](CO)O1.S=c1nc[nH]c2nc[nH]c12. The number of carbonyl (C=O) groups excluding carboxylic acids is 1. The number of hydroxylamine groups is 1.